The molecular formula is C12H16F2N2O2. The number of hydrogen-bond donors (Lipinski definition) is 1. The van der Waals surface area contributed by atoms with Crippen molar-refractivity contribution in [2.24, 2.45) is 5.73 Å². The monoisotopic (exact) mass is 258 g/mol. The molecule has 4 nitrogen and oxygen atoms in total. The topological polar surface area (TPSA) is 55.6 Å². The predicted octanol–water partition coefficient (Wildman–Crippen LogP) is 0.933. The Labute approximate surface area is 104 Å². The van der Waals surface area contributed by atoms with Gasteiger partial charge in [-0.3, -0.25) is 9.69 Å². The van der Waals surface area contributed by atoms with E-state index < -0.39 is 17.5 Å². The minimum absolute atomic E-state index is 0.0836. The Kier molecular flexibility index (Phi) is 5.03. The zero-order valence-electron chi connectivity index (χ0n) is 10.4. The van der Waals surface area contributed by atoms with Gasteiger partial charge in [-0.05, 0) is 25.1 Å². The molecular weight excluding hydrogens is 242 g/mol. The molecule has 0 aromatic heterocycles. The van der Waals surface area contributed by atoms with Gasteiger partial charge in [0.2, 0.25) is 5.91 Å². The summed E-state index contributed by atoms with van der Waals surface area (Å²) in [5, 5.41) is 0. The van der Waals surface area contributed by atoms with Gasteiger partial charge < -0.3 is 10.5 Å². The number of primary amides is 1. The van der Waals surface area contributed by atoms with Crippen LogP contribution in [0.5, 0.6) is 5.75 Å². The number of hydrogen-bond acceptors (Lipinski definition) is 3. The minimum atomic E-state index is -0.605. The molecule has 0 heterocycles. The highest BCUT2D eigenvalue weighted by molar-refractivity contribution is 5.75. The Morgan fingerprint density at radius 2 is 2.06 bits per heavy atom. The molecule has 18 heavy (non-hydrogen) atoms. The maximum atomic E-state index is 13.6. The van der Waals surface area contributed by atoms with Gasteiger partial charge in [-0.1, -0.05) is 0 Å². The molecule has 0 bridgehead atoms. The summed E-state index contributed by atoms with van der Waals surface area (Å²) >= 11 is 0. The lowest BCUT2D eigenvalue weighted by atomic mass is 10.1. The van der Waals surface area contributed by atoms with E-state index in [1.165, 1.54) is 7.11 Å². The summed E-state index contributed by atoms with van der Waals surface area (Å²) in [5.74, 6) is -1.71. The summed E-state index contributed by atoms with van der Waals surface area (Å²) in [4.78, 5) is 12.3. The van der Waals surface area contributed by atoms with E-state index in [1.54, 1.807) is 11.9 Å². The van der Waals surface area contributed by atoms with Crippen LogP contribution < -0.4 is 10.5 Å². The van der Waals surface area contributed by atoms with Gasteiger partial charge in [0.15, 0.2) is 11.6 Å². The first-order valence-corrected chi connectivity index (χ1v) is 5.42. The van der Waals surface area contributed by atoms with Crippen LogP contribution >= 0.6 is 0 Å². The third-order valence-corrected chi connectivity index (χ3v) is 2.51. The van der Waals surface area contributed by atoms with E-state index in [0.29, 0.717) is 6.54 Å². The SMILES string of the molecule is COc1cc(F)c(CCN(C)CC(N)=O)cc1F. The molecule has 1 aromatic carbocycles. The summed E-state index contributed by atoms with van der Waals surface area (Å²) in [6.07, 6.45) is 0.288. The molecule has 1 aromatic rings. The van der Waals surface area contributed by atoms with Gasteiger partial charge in [0.05, 0.1) is 13.7 Å². The van der Waals surface area contributed by atoms with E-state index in [1.807, 2.05) is 0 Å². The van der Waals surface area contributed by atoms with Crippen LogP contribution in [0.25, 0.3) is 0 Å². The van der Waals surface area contributed by atoms with E-state index in [-0.39, 0.29) is 24.3 Å². The number of carbonyl (C=O) groups is 1. The Hall–Kier alpha value is -1.69. The number of benzene rings is 1. The fraction of sp³-hybridized carbons (Fsp3) is 0.417. The molecule has 6 heteroatoms. The van der Waals surface area contributed by atoms with E-state index in [9.17, 15) is 13.6 Å². The number of ether oxygens (including phenoxy) is 1. The fourth-order valence-electron chi connectivity index (χ4n) is 1.57. The molecule has 1 rings (SSSR count). The van der Waals surface area contributed by atoms with E-state index >= 15 is 0 Å². The number of amides is 1. The van der Waals surface area contributed by atoms with Crippen LogP contribution in [0.1, 0.15) is 5.56 Å². The van der Waals surface area contributed by atoms with E-state index in [0.717, 1.165) is 12.1 Å². The van der Waals surface area contributed by atoms with Crippen LogP contribution in [-0.2, 0) is 11.2 Å². The molecule has 0 aliphatic heterocycles. The lowest BCUT2D eigenvalue weighted by Crippen LogP contribution is -2.32. The van der Waals surface area contributed by atoms with Crippen molar-refractivity contribution < 1.29 is 18.3 Å². The number of carbonyl (C=O) groups excluding carboxylic acids is 1. The normalized spacial score (nSPS) is 10.7. The van der Waals surface area contributed by atoms with Gasteiger partial charge in [0, 0.05) is 12.6 Å². The molecule has 0 fully saturated rings. The number of likely N-dealkylation sites (N-methyl/N-ethyl adjacent to an activating group) is 1. The highest BCUT2D eigenvalue weighted by Crippen LogP contribution is 2.21. The Morgan fingerprint density at radius 3 is 2.61 bits per heavy atom. The molecule has 0 radical (unpaired) electrons. The van der Waals surface area contributed by atoms with Crippen LogP contribution in [0.3, 0.4) is 0 Å². The maximum Gasteiger partial charge on any atom is 0.231 e. The molecule has 0 aliphatic rings. The maximum absolute atomic E-state index is 13.6. The molecule has 0 atom stereocenters. The second-order valence-corrected chi connectivity index (χ2v) is 4.03. The van der Waals surface area contributed by atoms with E-state index in [2.05, 4.69) is 4.74 Å². The lowest BCUT2D eigenvalue weighted by molar-refractivity contribution is -0.118. The highest BCUT2D eigenvalue weighted by atomic mass is 19.1. The van der Waals surface area contributed by atoms with Gasteiger partial charge >= 0.3 is 0 Å². The van der Waals surface area contributed by atoms with Crippen molar-refractivity contribution >= 4 is 5.91 Å². The van der Waals surface area contributed by atoms with Gasteiger partial charge in [0.1, 0.15) is 5.82 Å². The number of methoxy groups -OCH3 is 1. The summed E-state index contributed by atoms with van der Waals surface area (Å²) in [7, 11) is 2.96. The molecule has 0 spiro atoms. The number of nitrogens with zero attached hydrogens (tertiary/aromatic N) is 1. The minimum Gasteiger partial charge on any atom is -0.494 e. The van der Waals surface area contributed by atoms with Gasteiger partial charge in [-0.15, -0.1) is 0 Å². The van der Waals surface area contributed by atoms with Crippen molar-refractivity contribution in [2.45, 2.75) is 6.42 Å². The van der Waals surface area contributed by atoms with Crippen molar-refractivity contribution in [3.8, 4) is 5.75 Å². The lowest BCUT2D eigenvalue weighted by Gasteiger charge is -2.14. The second-order valence-electron chi connectivity index (χ2n) is 4.03. The summed E-state index contributed by atoms with van der Waals surface area (Å²) < 4.78 is 31.6. The predicted molar refractivity (Wildman–Crippen MR) is 63.3 cm³/mol. The van der Waals surface area contributed by atoms with Crippen LogP contribution in [0.2, 0.25) is 0 Å². The van der Waals surface area contributed by atoms with Crippen molar-refractivity contribution in [1.82, 2.24) is 4.90 Å². The quantitative estimate of drug-likeness (QED) is 0.826. The van der Waals surface area contributed by atoms with Crippen LogP contribution in [-0.4, -0.2) is 38.1 Å². The van der Waals surface area contributed by atoms with Crippen molar-refractivity contribution in [3.05, 3.63) is 29.3 Å². The average molecular weight is 258 g/mol. The van der Waals surface area contributed by atoms with Crippen LogP contribution in [0, 0.1) is 11.6 Å². The third kappa shape index (κ3) is 3.96. The highest BCUT2D eigenvalue weighted by Gasteiger charge is 2.11. The molecule has 2 N–H and O–H groups in total. The molecule has 0 saturated carbocycles. The van der Waals surface area contributed by atoms with Gasteiger partial charge in [-0.25, -0.2) is 8.78 Å². The first-order valence-electron chi connectivity index (χ1n) is 5.42. The summed E-state index contributed by atoms with van der Waals surface area (Å²) in [5.41, 5.74) is 5.26. The number of rotatable bonds is 6. The summed E-state index contributed by atoms with van der Waals surface area (Å²) in [6, 6.07) is 2.12. The molecule has 100 valence electrons. The molecule has 0 aliphatic carbocycles. The van der Waals surface area contributed by atoms with Crippen molar-refractivity contribution in [1.29, 1.82) is 0 Å². The van der Waals surface area contributed by atoms with Crippen LogP contribution in [0.4, 0.5) is 8.78 Å². The van der Waals surface area contributed by atoms with Gasteiger partial charge in [0.25, 0.3) is 0 Å². The zero-order chi connectivity index (χ0) is 13.7. The van der Waals surface area contributed by atoms with Crippen LogP contribution in [0.15, 0.2) is 12.1 Å². The first kappa shape index (κ1) is 14.4. The van der Waals surface area contributed by atoms with Crippen molar-refractivity contribution in [2.75, 3.05) is 27.2 Å². The number of halogens is 2. The van der Waals surface area contributed by atoms with Gasteiger partial charge in [-0.2, -0.15) is 0 Å². The standard InChI is InChI=1S/C12H16F2N2O2/c1-16(7-12(15)17)4-3-8-5-10(14)11(18-2)6-9(8)13/h5-6H,3-4,7H2,1-2H3,(H2,15,17). The largest absolute Gasteiger partial charge is 0.494 e. The zero-order valence-corrected chi connectivity index (χ0v) is 10.4. The molecule has 1 amide bonds. The molecule has 0 saturated heterocycles. The summed E-state index contributed by atoms with van der Waals surface area (Å²) in [6.45, 7) is 0.492. The fourth-order valence-corrected chi connectivity index (χ4v) is 1.57. The smallest absolute Gasteiger partial charge is 0.231 e. The first-order chi connectivity index (χ1) is 8.43. The number of nitrogens with two attached hydrogens (primary N) is 1. The second kappa shape index (κ2) is 6.30. The Bertz CT molecular complexity index is 438. The third-order valence-electron chi connectivity index (χ3n) is 2.51. The van der Waals surface area contributed by atoms with Crippen molar-refractivity contribution in [3.63, 3.8) is 0 Å². The van der Waals surface area contributed by atoms with E-state index in [4.69, 9.17) is 5.73 Å². The Morgan fingerprint density at radius 1 is 1.39 bits per heavy atom. The average Bonchev–Trinajstić information content (AvgIpc) is 2.28. The molecule has 0 unspecified atom stereocenters. The Balaban J connectivity index is 2.68.